The number of esters is 1. The zero-order valence-corrected chi connectivity index (χ0v) is 8.79. The summed E-state index contributed by atoms with van der Waals surface area (Å²) in [5.41, 5.74) is 1.19. The molecule has 0 aromatic carbocycles. The van der Waals surface area contributed by atoms with Crippen molar-refractivity contribution in [3.63, 3.8) is 0 Å². The third-order valence-electron chi connectivity index (χ3n) is 1.97. The van der Waals surface area contributed by atoms with Crippen molar-refractivity contribution in [1.82, 2.24) is 5.16 Å². The number of ether oxygens (including phenoxy) is 1. The lowest BCUT2D eigenvalue weighted by Crippen LogP contribution is -2.08. The number of nitrogens with zero attached hydrogens (tertiary/aromatic N) is 1. The third kappa shape index (κ3) is 1.95. The first-order chi connectivity index (χ1) is 6.74. The summed E-state index contributed by atoms with van der Waals surface area (Å²) in [4.78, 5) is 11.5. The van der Waals surface area contributed by atoms with Crippen molar-refractivity contribution in [3.8, 4) is 0 Å². The van der Waals surface area contributed by atoms with E-state index >= 15 is 0 Å². The average molecular weight is 197 g/mol. The SMILES string of the molecule is CCOC(=O)c1c(CC)noc1CC. The van der Waals surface area contributed by atoms with Gasteiger partial charge in [-0.1, -0.05) is 19.0 Å². The summed E-state index contributed by atoms with van der Waals surface area (Å²) in [6.45, 7) is 6.00. The molecular formula is C10H15NO3. The summed E-state index contributed by atoms with van der Waals surface area (Å²) >= 11 is 0. The van der Waals surface area contributed by atoms with E-state index in [0.717, 1.165) is 0 Å². The summed E-state index contributed by atoms with van der Waals surface area (Å²) in [6, 6.07) is 0. The number of carbonyl (C=O) groups excluding carboxylic acids is 1. The van der Waals surface area contributed by atoms with Crippen molar-refractivity contribution in [2.24, 2.45) is 0 Å². The summed E-state index contributed by atoms with van der Waals surface area (Å²) in [7, 11) is 0. The van der Waals surface area contributed by atoms with E-state index in [-0.39, 0.29) is 5.97 Å². The lowest BCUT2D eigenvalue weighted by Gasteiger charge is -2.01. The van der Waals surface area contributed by atoms with Gasteiger partial charge in [-0.25, -0.2) is 4.79 Å². The molecule has 4 nitrogen and oxygen atoms in total. The summed E-state index contributed by atoms with van der Waals surface area (Å²) in [6.07, 6.45) is 1.33. The maximum absolute atomic E-state index is 11.5. The number of hydrogen-bond donors (Lipinski definition) is 0. The van der Waals surface area contributed by atoms with Gasteiger partial charge in [-0.15, -0.1) is 0 Å². The lowest BCUT2D eigenvalue weighted by molar-refractivity contribution is 0.0523. The number of rotatable bonds is 4. The molecule has 1 heterocycles. The first kappa shape index (κ1) is 10.8. The van der Waals surface area contributed by atoms with Crippen molar-refractivity contribution in [1.29, 1.82) is 0 Å². The van der Waals surface area contributed by atoms with Gasteiger partial charge < -0.3 is 9.26 Å². The molecule has 0 radical (unpaired) electrons. The van der Waals surface area contributed by atoms with Crippen molar-refractivity contribution >= 4 is 5.97 Å². The van der Waals surface area contributed by atoms with E-state index < -0.39 is 0 Å². The van der Waals surface area contributed by atoms with Crippen LogP contribution in [0.2, 0.25) is 0 Å². The third-order valence-corrected chi connectivity index (χ3v) is 1.97. The highest BCUT2D eigenvalue weighted by atomic mass is 16.5. The van der Waals surface area contributed by atoms with Gasteiger partial charge in [-0.2, -0.15) is 0 Å². The first-order valence-corrected chi connectivity index (χ1v) is 4.89. The Morgan fingerprint density at radius 2 is 2.07 bits per heavy atom. The topological polar surface area (TPSA) is 52.3 Å². The summed E-state index contributed by atoms with van der Waals surface area (Å²) in [5.74, 6) is 0.280. The van der Waals surface area contributed by atoms with E-state index in [0.29, 0.717) is 36.5 Å². The lowest BCUT2D eigenvalue weighted by atomic mass is 10.1. The molecule has 1 aromatic rings. The van der Waals surface area contributed by atoms with Gasteiger partial charge in [0.25, 0.3) is 0 Å². The minimum absolute atomic E-state index is 0.331. The molecule has 4 heteroatoms. The molecule has 78 valence electrons. The standard InChI is InChI=1S/C10H15NO3/c1-4-7-9(10(12)13-6-3)8(5-2)14-11-7/h4-6H2,1-3H3. The Balaban J connectivity index is 3.01. The zero-order valence-electron chi connectivity index (χ0n) is 8.79. The van der Waals surface area contributed by atoms with Gasteiger partial charge in [0.05, 0.1) is 12.3 Å². The van der Waals surface area contributed by atoms with E-state index in [9.17, 15) is 4.79 Å². The predicted molar refractivity (Wildman–Crippen MR) is 51.2 cm³/mol. The van der Waals surface area contributed by atoms with Crippen molar-refractivity contribution < 1.29 is 14.1 Å². The molecule has 0 amide bonds. The van der Waals surface area contributed by atoms with Crippen LogP contribution >= 0.6 is 0 Å². The highest BCUT2D eigenvalue weighted by molar-refractivity contribution is 5.91. The Morgan fingerprint density at radius 1 is 1.36 bits per heavy atom. The Hall–Kier alpha value is -1.32. The first-order valence-electron chi connectivity index (χ1n) is 4.89. The number of aromatic nitrogens is 1. The van der Waals surface area contributed by atoms with Crippen LogP contribution in [-0.2, 0) is 17.6 Å². The van der Waals surface area contributed by atoms with E-state index in [1.165, 1.54) is 0 Å². The van der Waals surface area contributed by atoms with Gasteiger partial charge in [-0.3, -0.25) is 0 Å². The average Bonchev–Trinajstić information content (AvgIpc) is 2.60. The smallest absolute Gasteiger partial charge is 0.343 e. The molecular weight excluding hydrogens is 182 g/mol. The number of aryl methyl sites for hydroxylation is 2. The van der Waals surface area contributed by atoms with Crippen LogP contribution in [-0.4, -0.2) is 17.7 Å². The normalized spacial score (nSPS) is 10.2. The van der Waals surface area contributed by atoms with Crippen LogP contribution in [0, 0.1) is 0 Å². The van der Waals surface area contributed by atoms with E-state index in [1.54, 1.807) is 6.92 Å². The molecule has 0 bridgehead atoms. The fourth-order valence-electron chi connectivity index (χ4n) is 1.28. The monoisotopic (exact) mass is 197 g/mol. The van der Waals surface area contributed by atoms with E-state index in [2.05, 4.69) is 5.16 Å². The molecule has 0 atom stereocenters. The molecule has 0 saturated carbocycles. The Labute approximate surface area is 83.2 Å². The maximum Gasteiger partial charge on any atom is 0.343 e. The van der Waals surface area contributed by atoms with Crippen molar-refractivity contribution in [3.05, 3.63) is 17.0 Å². The fourth-order valence-corrected chi connectivity index (χ4v) is 1.28. The zero-order chi connectivity index (χ0) is 10.6. The van der Waals surface area contributed by atoms with Crippen LogP contribution < -0.4 is 0 Å². The fraction of sp³-hybridized carbons (Fsp3) is 0.600. The molecule has 14 heavy (non-hydrogen) atoms. The van der Waals surface area contributed by atoms with E-state index in [1.807, 2.05) is 13.8 Å². The van der Waals surface area contributed by atoms with Crippen molar-refractivity contribution in [2.75, 3.05) is 6.61 Å². The predicted octanol–water partition coefficient (Wildman–Crippen LogP) is 1.98. The Kier molecular flexibility index (Phi) is 3.68. The van der Waals surface area contributed by atoms with Crippen LogP contribution in [0.4, 0.5) is 0 Å². The Bertz CT molecular complexity index is 296. The molecule has 0 fully saturated rings. The Morgan fingerprint density at radius 3 is 2.57 bits per heavy atom. The minimum Gasteiger partial charge on any atom is -0.462 e. The molecule has 0 N–H and O–H groups in total. The summed E-state index contributed by atoms with van der Waals surface area (Å²) < 4.78 is 9.98. The quantitative estimate of drug-likeness (QED) is 0.692. The maximum atomic E-state index is 11.5. The number of hydrogen-bond acceptors (Lipinski definition) is 4. The second-order valence-electron chi connectivity index (χ2n) is 2.86. The van der Waals surface area contributed by atoms with Crippen LogP contribution in [0.3, 0.4) is 0 Å². The highest BCUT2D eigenvalue weighted by Crippen LogP contribution is 2.16. The molecule has 0 aliphatic rings. The molecule has 0 aliphatic carbocycles. The van der Waals surface area contributed by atoms with Gasteiger partial charge in [0.1, 0.15) is 5.56 Å². The minimum atomic E-state index is -0.331. The molecule has 1 aromatic heterocycles. The van der Waals surface area contributed by atoms with Gasteiger partial charge in [-0.05, 0) is 13.3 Å². The van der Waals surface area contributed by atoms with Crippen LogP contribution in [0.1, 0.15) is 42.6 Å². The van der Waals surface area contributed by atoms with Crippen LogP contribution in [0.5, 0.6) is 0 Å². The van der Waals surface area contributed by atoms with Crippen molar-refractivity contribution in [2.45, 2.75) is 33.6 Å². The molecule has 0 spiro atoms. The largest absolute Gasteiger partial charge is 0.462 e. The second kappa shape index (κ2) is 4.79. The van der Waals surface area contributed by atoms with Gasteiger partial charge in [0, 0.05) is 6.42 Å². The van der Waals surface area contributed by atoms with Crippen LogP contribution in [0.25, 0.3) is 0 Å². The molecule has 0 saturated heterocycles. The summed E-state index contributed by atoms with van der Waals surface area (Å²) in [5, 5.41) is 3.83. The van der Waals surface area contributed by atoms with Gasteiger partial charge >= 0.3 is 5.97 Å². The second-order valence-corrected chi connectivity index (χ2v) is 2.86. The van der Waals surface area contributed by atoms with Gasteiger partial charge in [0.15, 0.2) is 5.76 Å². The van der Waals surface area contributed by atoms with Gasteiger partial charge in [0.2, 0.25) is 0 Å². The molecule has 0 unspecified atom stereocenters. The molecule has 1 rings (SSSR count). The van der Waals surface area contributed by atoms with Crippen LogP contribution in [0.15, 0.2) is 4.52 Å². The van der Waals surface area contributed by atoms with E-state index in [4.69, 9.17) is 9.26 Å². The number of carbonyl (C=O) groups is 1. The molecule has 0 aliphatic heterocycles. The highest BCUT2D eigenvalue weighted by Gasteiger charge is 2.21.